The Hall–Kier alpha value is -2.32. The molecule has 4 heterocycles. The number of hydrogen-bond acceptors (Lipinski definition) is 5. The highest BCUT2D eigenvalue weighted by Crippen LogP contribution is 2.21. The molecule has 1 amide bonds. The summed E-state index contributed by atoms with van der Waals surface area (Å²) < 4.78 is 5.26. The molecule has 0 radical (unpaired) electrons. The van der Waals surface area contributed by atoms with Crippen molar-refractivity contribution in [3.63, 3.8) is 0 Å². The minimum atomic E-state index is -0.0269. The summed E-state index contributed by atoms with van der Waals surface area (Å²) in [5.41, 5.74) is 0. The van der Waals surface area contributed by atoms with Gasteiger partial charge in [-0.3, -0.25) is 14.7 Å². The number of thiophene rings is 1. The minimum absolute atomic E-state index is 0.0269. The fourth-order valence-corrected chi connectivity index (χ4v) is 5.02. The van der Waals surface area contributed by atoms with E-state index in [9.17, 15) is 4.79 Å². The summed E-state index contributed by atoms with van der Waals surface area (Å²) in [6, 6.07) is 7.85. The number of rotatable bonds is 6. The predicted octanol–water partition coefficient (Wildman–Crippen LogP) is 2.98. The van der Waals surface area contributed by atoms with Crippen LogP contribution in [0.2, 0.25) is 0 Å². The number of likely N-dealkylation sites (tertiary alicyclic amines) is 1. The van der Waals surface area contributed by atoms with Gasteiger partial charge in [-0.1, -0.05) is 6.07 Å². The molecule has 2 fully saturated rings. The summed E-state index contributed by atoms with van der Waals surface area (Å²) in [6.45, 7) is 10.2. The zero-order valence-electron chi connectivity index (χ0n) is 18.3. The van der Waals surface area contributed by atoms with Crippen molar-refractivity contribution in [2.24, 2.45) is 10.9 Å². The number of carbonyl (C=O) groups is 1. The molecule has 1 N–H and O–H groups in total. The average molecular weight is 444 g/mol. The molecular weight excluding hydrogens is 410 g/mol. The number of carbonyl (C=O) groups excluding carboxylic acids is 1. The number of furan rings is 1. The highest BCUT2D eigenvalue weighted by Gasteiger charge is 2.26. The van der Waals surface area contributed by atoms with E-state index in [0.717, 1.165) is 51.8 Å². The van der Waals surface area contributed by atoms with Crippen molar-refractivity contribution in [2.45, 2.75) is 26.3 Å². The number of piperazine rings is 1. The first-order chi connectivity index (χ1) is 15.2. The van der Waals surface area contributed by atoms with Gasteiger partial charge in [-0.05, 0) is 62.4 Å². The molecular formula is C23H33N5O2S. The molecule has 0 unspecified atom stereocenters. The van der Waals surface area contributed by atoms with E-state index < -0.39 is 0 Å². The predicted molar refractivity (Wildman–Crippen MR) is 124 cm³/mol. The zero-order valence-corrected chi connectivity index (χ0v) is 19.1. The Morgan fingerprint density at radius 1 is 1.13 bits per heavy atom. The lowest BCUT2D eigenvalue weighted by Gasteiger charge is -2.36. The normalized spacial score (nSPS) is 19.1. The summed E-state index contributed by atoms with van der Waals surface area (Å²) in [6.07, 6.45) is 3.96. The molecule has 2 aromatic heterocycles. The number of aliphatic imine (C=N–C) groups is 1. The SMILES string of the molecule is CCNC(=NCC1CCN(Cc2cccs2)CC1)N1CCN(C(=O)c2ccco2)CC1. The quantitative estimate of drug-likeness (QED) is 0.549. The molecule has 7 nitrogen and oxygen atoms in total. The average Bonchev–Trinajstić information content (AvgIpc) is 3.52. The molecule has 4 rings (SSSR count). The topological polar surface area (TPSA) is 64.3 Å². The Labute approximate surface area is 188 Å². The lowest BCUT2D eigenvalue weighted by atomic mass is 9.97. The minimum Gasteiger partial charge on any atom is -0.459 e. The van der Waals surface area contributed by atoms with Gasteiger partial charge in [-0.15, -0.1) is 11.3 Å². The molecule has 0 saturated carbocycles. The van der Waals surface area contributed by atoms with Gasteiger partial charge in [0.2, 0.25) is 0 Å². The van der Waals surface area contributed by atoms with Gasteiger partial charge in [0.15, 0.2) is 11.7 Å². The van der Waals surface area contributed by atoms with Gasteiger partial charge in [0.25, 0.3) is 5.91 Å². The second-order valence-electron chi connectivity index (χ2n) is 8.25. The summed E-state index contributed by atoms with van der Waals surface area (Å²) >= 11 is 1.85. The molecule has 8 heteroatoms. The number of hydrogen-bond donors (Lipinski definition) is 1. The first kappa shape index (κ1) is 21.9. The van der Waals surface area contributed by atoms with Gasteiger partial charge in [0.1, 0.15) is 0 Å². The van der Waals surface area contributed by atoms with E-state index in [1.54, 1.807) is 18.4 Å². The maximum atomic E-state index is 12.5. The Balaban J connectivity index is 1.24. The first-order valence-corrected chi connectivity index (χ1v) is 12.2. The van der Waals surface area contributed by atoms with Gasteiger partial charge in [0.05, 0.1) is 6.26 Å². The van der Waals surface area contributed by atoms with Crippen LogP contribution in [0.25, 0.3) is 0 Å². The summed E-state index contributed by atoms with van der Waals surface area (Å²) in [5.74, 6) is 2.02. The van der Waals surface area contributed by atoms with Crippen molar-refractivity contribution in [2.75, 3.05) is 52.4 Å². The van der Waals surface area contributed by atoms with Crippen molar-refractivity contribution in [1.82, 2.24) is 20.0 Å². The molecule has 2 aliphatic rings. The first-order valence-electron chi connectivity index (χ1n) is 11.3. The number of nitrogens with zero attached hydrogens (tertiary/aromatic N) is 4. The number of guanidine groups is 1. The zero-order chi connectivity index (χ0) is 21.5. The van der Waals surface area contributed by atoms with Crippen LogP contribution < -0.4 is 5.32 Å². The van der Waals surface area contributed by atoms with Gasteiger partial charge >= 0.3 is 0 Å². The molecule has 0 atom stereocenters. The molecule has 2 aromatic rings. The lowest BCUT2D eigenvalue weighted by molar-refractivity contribution is 0.0657. The van der Waals surface area contributed by atoms with Crippen LogP contribution in [0.5, 0.6) is 0 Å². The molecule has 0 bridgehead atoms. The summed E-state index contributed by atoms with van der Waals surface area (Å²) in [5, 5.41) is 5.61. The Morgan fingerprint density at radius 2 is 1.90 bits per heavy atom. The van der Waals surface area contributed by atoms with Crippen molar-refractivity contribution < 1.29 is 9.21 Å². The largest absolute Gasteiger partial charge is 0.459 e. The van der Waals surface area contributed by atoms with Crippen molar-refractivity contribution in [3.05, 3.63) is 46.5 Å². The third-order valence-electron chi connectivity index (χ3n) is 6.10. The van der Waals surface area contributed by atoms with Crippen LogP contribution in [0, 0.1) is 5.92 Å². The molecule has 0 aromatic carbocycles. The van der Waals surface area contributed by atoms with Crippen LogP contribution in [0.15, 0.2) is 45.3 Å². The third kappa shape index (κ3) is 5.89. The molecule has 168 valence electrons. The van der Waals surface area contributed by atoms with Crippen molar-refractivity contribution in [1.29, 1.82) is 0 Å². The van der Waals surface area contributed by atoms with Gasteiger partial charge in [-0.2, -0.15) is 0 Å². The van der Waals surface area contributed by atoms with Gasteiger partial charge in [0, 0.05) is 50.7 Å². The lowest BCUT2D eigenvalue weighted by Crippen LogP contribution is -2.53. The third-order valence-corrected chi connectivity index (χ3v) is 6.96. The molecule has 2 saturated heterocycles. The van der Waals surface area contributed by atoms with E-state index in [2.05, 4.69) is 39.6 Å². The Kier molecular flexibility index (Phi) is 7.64. The van der Waals surface area contributed by atoms with Crippen LogP contribution in [0.3, 0.4) is 0 Å². The van der Waals surface area contributed by atoms with Crippen LogP contribution in [0.1, 0.15) is 35.2 Å². The van der Waals surface area contributed by atoms with Crippen LogP contribution in [-0.4, -0.2) is 78.9 Å². The second-order valence-corrected chi connectivity index (χ2v) is 9.28. The van der Waals surface area contributed by atoms with Gasteiger partial charge in [-0.25, -0.2) is 0 Å². The van der Waals surface area contributed by atoms with E-state index >= 15 is 0 Å². The van der Waals surface area contributed by atoms with Crippen LogP contribution in [0.4, 0.5) is 0 Å². The van der Waals surface area contributed by atoms with Crippen molar-refractivity contribution >= 4 is 23.2 Å². The molecule has 0 aliphatic carbocycles. The fourth-order valence-electron chi connectivity index (χ4n) is 4.27. The summed E-state index contributed by atoms with van der Waals surface area (Å²) in [7, 11) is 0. The number of nitrogens with one attached hydrogen (secondary N) is 1. The van der Waals surface area contributed by atoms with Gasteiger partial charge < -0.3 is 19.5 Å². The maximum Gasteiger partial charge on any atom is 0.289 e. The molecule has 2 aliphatic heterocycles. The van der Waals surface area contributed by atoms with Crippen LogP contribution >= 0.6 is 11.3 Å². The summed E-state index contributed by atoms with van der Waals surface area (Å²) in [4.78, 5) is 25.6. The highest BCUT2D eigenvalue weighted by molar-refractivity contribution is 7.09. The number of amides is 1. The smallest absolute Gasteiger partial charge is 0.289 e. The van der Waals surface area contributed by atoms with E-state index in [1.165, 1.54) is 17.7 Å². The Morgan fingerprint density at radius 3 is 2.55 bits per heavy atom. The van der Waals surface area contributed by atoms with E-state index in [-0.39, 0.29) is 5.91 Å². The van der Waals surface area contributed by atoms with Crippen molar-refractivity contribution in [3.8, 4) is 0 Å². The second kappa shape index (κ2) is 10.8. The van der Waals surface area contributed by atoms with E-state index in [1.807, 2.05) is 16.2 Å². The molecule has 31 heavy (non-hydrogen) atoms. The standard InChI is InChI=1S/C23H33N5O2S/c1-2-24-23(28-13-11-27(12-14-28)22(29)21-6-3-15-30-21)25-17-19-7-9-26(10-8-19)18-20-5-4-16-31-20/h3-6,15-16,19H,2,7-14,17-18H2,1H3,(H,24,25). The van der Waals surface area contributed by atoms with E-state index in [4.69, 9.17) is 9.41 Å². The Bertz CT molecular complexity index is 820. The monoisotopic (exact) mass is 443 g/mol. The molecule has 0 spiro atoms. The van der Waals surface area contributed by atoms with Crippen LogP contribution in [-0.2, 0) is 6.54 Å². The number of piperidine rings is 1. The maximum absolute atomic E-state index is 12.5. The van der Waals surface area contributed by atoms with E-state index in [0.29, 0.717) is 24.8 Å². The fraction of sp³-hybridized carbons (Fsp3) is 0.565. The highest BCUT2D eigenvalue weighted by atomic mass is 32.1.